The van der Waals surface area contributed by atoms with Gasteiger partial charge in [0.05, 0.1) is 12.7 Å². The maximum atomic E-state index is 11.2. The fourth-order valence-corrected chi connectivity index (χ4v) is 1.35. The van der Waals surface area contributed by atoms with Crippen molar-refractivity contribution in [3.8, 4) is 5.75 Å². The molecule has 0 aromatic heterocycles. The van der Waals surface area contributed by atoms with Crippen molar-refractivity contribution in [3.05, 3.63) is 29.8 Å². The second-order valence-corrected chi connectivity index (χ2v) is 4.43. The molecule has 0 fully saturated rings. The third-order valence-electron chi connectivity index (χ3n) is 2.30. The monoisotopic (exact) mass is 252 g/mol. The van der Waals surface area contributed by atoms with Crippen LogP contribution in [-0.2, 0) is 4.74 Å². The predicted molar refractivity (Wildman–Crippen MR) is 69.0 cm³/mol. The average Bonchev–Trinajstić information content (AvgIpc) is 2.34. The molecule has 0 aliphatic heterocycles. The first-order valence-electron chi connectivity index (χ1n) is 6.02. The minimum Gasteiger partial charge on any atom is -0.491 e. The molecule has 1 aromatic carbocycles. The summed E-state index contributed by atoms with van der Waals surface area (Å²) >= 11 is 0. The molecular formula is C14H20O4. The van der Waals surface area contributed by atoms with Crippen molar-refractivity contribution in [1.29, 1.82) is 0 Å². The highest BCUT2D eigenvalue weighted by atomic mass is 16.5. The zero-order chi connectivity index (χ0) is 13.5. The molecule has 1 atom stereocenters. The van der Waals surface area contributed by atoms with Crippen LogP contribution in [0.5, 0.6) is 5.75 Å². The van der Waals surface area contributed by atoms with E-state index in [4.69, 9.17) is 9.47 Å². The van der Waals surface area contributed by atoms with E-state index in [-0.39, 0.29) is 25.1 Å². The van der Waals surface area contributed by atoms with Crippen LogP contribution < -0.4 is 4.74 Å². The summed E-state index contributed by atoms with van der Waals surface area (Å²) in [7, 11) is 0. The van der Waals surface area contributed by atoms with Crippen LogP contribution in [0.2, 0.25) is 0 Å². The van der Waals surface area contributed by atoms with Crippen molar-refractivity contribution in [3.63, 3.8) is 0 Å². The van der Waals surface area contributed by atoms with Crippen LogP contribution in [0.4, 0.5) is 0 Å². The van der Waals surface area contributed by atoms with Crippen molar-refractivity contribution >= 4 is 5.78 Å². The van der Waals surface area contributed by atoms with E-state index in [0.29, 0.717) is 11.3 Å². The number of hydrogen-bond donors (Lipinski definition) is 1. The van der Waals surface area contributed by atoms with Gasteiger partial charge in [0, 0.05) is 5.56 Å². The Morgan fingerprint density at radius 2 is 2.06 bits per heavy atom. The van der Waals surface area contributed by atoms with Crippen molar-refractivity contribution in [2.45, 2.75) is 33.0 Å². The quantitative estimate of drug-likeness (QED) is 0.755. The van der Waals surface area contributed by atoms with Gasteiger partial charge in [-0.05, 0) is 32.9 Å². The fourth-order valence-electron chi connectivity index (χ4n) is 1.35. The van der Waals surface area contributed by atoms with Gasteiger partial charge in [-0.1, -0.05) is 12.1 Å². The highest BCUT2D eigenvalue weighted by Crippen LogP contribution is 2.14. The third-order valence-corrected chi connectivity index (χ3v) is 2.30. The second kappa shape index (κ2) is 7.13. The minimum absolute atomic E-state index is 0.0101. The van der Waals surface area contributed by atoms with Gasteiger partial charge in [0.15, 0.2) is 5.78 Å². The molecule has 0 saturated carbocycles. The first kappa shape index (κ1) is 14.7. The number of ketones is 1. The number of aliphatic hydroxyl groups is 1. The fraction of sp³-hybridized carbons (Fsp3) is 0.500. The Morgan fingerprint density at radius 1 is 1.33 bits per heavy atom. The maximum Gasteiger partial charge on any atom is 0.159 e. The number of carbonyl (C=O) groups is 1. The van der Waals surface area contributed by atoms with E-state index in [1.807, 2.05) is 13.8 Å². The number of rotatable bonds is 7. The maximum absolute atomic E-state index is 11.2. The molecule has 0 amide bonds. The van der Waals surface area contributed by atoms with Crippen molar-refractivity contribution in [2.24, 2.45) is 0 Å². The van der Waals surface area contributed by atoms with Crippen molar-refractivity contribution in [2.75, 3.05) is 13.2 Å². The molecular weight excluding hydrogens is 232 g/mol. The molecule has 4 heteroatoms. The van der Waals surface area contributed by atoms with Crippen LogP contribution in [0.1, 0.15) is 31.1 Å². The van der Waals surface area contributed by atoms with E-state index in [0.717, 1.165) is 0 Å². The van der Waals surface area contributed by atoms with Crippen LogP contribution in [-0.4, -0.2) is 36.3 Å². The summed E-state index contributed by atoms with van der Waals surface area (Å²) in [5, 5.41) is 9.62. The van der Waals surface area contributed by atoms with Gasteiger partial charge in [-0.25, -0.2) is 0 Å². The van der Waals surface area contributed by atoms with E-state index < -0.39 is 6.10 Å². The molecule has 1 aromatic rings. The summed E-state index contributed by atoms with van der Waals surface area (Å²) < 4.78 is 10.7. The van der Waals surface area contributed by atoms with Gasteiger partial charge >= 0.3 is 0 Å². The van der Waals surface area contributed by atoms with E-state index in [9.17, 15) is 9.90 Å². The Labute approximate surface area is 108 Å². The molecule has 0 aliphatic rings. The summed E-state index contributed by atoms with van der Waals surface area (Å²) in [4.78, 5) is 11.2. The lowest BCUT2D eigenvalue weighted by atomic mass is 10.1. The summed E-state index contributed by atoms with van der Waals surface area (Å²) in [6, 6.07) is 6.90. The lowest BCUT2D eigenvalue weighted by Crippen LogP contribution is -2.25. The molecule has 0 radical (unpaired) electrons. The zero-order valence-corrected chi connectivity index (χ0v) is 11.1. The van der Waals surface area contributed by atoms with Crippen LogP contribution in [0.25, 0.3) is 0 Å². The largest absolute Gasteiger partial charge is 0.491 e. The van der Waals surface area contributed by atoms with Gasteiger partial charge in [-0.2, -0.15) is 0 Å². The van der Waals surface area contributed by atoms with E-state index in [1.165, 1.54) is 6.92 Å². The molecule has 0 spiro atoms. The molecule has 0 bridgehead atoms. The minimum atomic E-state index is -0.673. The van der Waals surface area contributed by atoms with Gasteiger partial charge in [-0.3, -0.25) is 4.79 Å². The van der Waals surface area contributed by atoms with E-state index in [1.54, 1.807) is 24.3 Å². The summed E-state index contributed by atoms with van der Waals surface area (Å²) in [5.41, 5.74) is 0.598. The van der Waals surface area contributed by atoms with Gasteiger partial charge in [-0.15, -0.1) is 0 Å². The van der Waals surface area contributed by atoms with E-state index in [2.05, 4.69) is 0 Å². The summed E-state index contributed by atoms with van der Waals surface area (Å²) in [6.07, 6.45) is -0.589. The van der Waals surface area contributed by atoms with Crippen LogP contribution in [0.3, 0.4) is 0 Å². The molecule has 1 N–H and O–H groups in total. The number of Topliss-reactive ketones (excluding diaryl/α,β-unsaturated/α-hetero) is 1. The SMILES string of the molecule is CC(=O)c1cccc(OCC(O)COC(C)C)c1. The Bertz CT molecular complexity index is 387. The standard InChI is InChI=1S/C14H20O4/c1-10(2)17-8-13(16)9-18-14-6-4-5-12(7-14)11(3)15/h4-7,10,13,16H,8-9H2,1-3H3. The Kier molecular flexibility index (Phi) is 5.82. The first-order valence-corrected chi connectivity index (χ1v) is 6.02. The lowest BCUT2D eigenvalue weighted by Gasteiger charge is -2.14. The number of hydrogen-bond acceptors (Lipinski definition) is 4. The Balaban J connectivity index is 2.43. The number of benzene rings is 1. The number of ether oxygens (including phenoxy) is 2. The van der Waals surface area contributed by atoms with Crippen LogP contribution in [0, 0.1) is 0 Å². The number of carbonyl (C=O) groups excluding carboxylic acids is 1. The molecule has 0 aliphatic carbocycles. The topological polar surface area (TPSA) is 55.8 Å². The first-order chi connectivity index (χ1) is 8.49. The van der Waals surface area contributed by atoms with Crippen LogP contribution >= 0.6 is 0 Å². The number of aliphatic hydroxyl groups excluding tert-OH is 1. The summed E-state index contributed by atoms with van der Waals surface area (Å²) in [6.45, 7) is 5.70. The van der Waals surface area contributed by atoms with Gasteiger partial charge in [0.2, 0.25) is 0 Å². The Hall–Kier alpha value is -1.39. The molecule has 4 nitrogen and oxygen atoms in total. The molecule has 0 heterocycles. The van der Waals surface area contributed by atoms with Gasteiger partial charge < -0.3 is 14.6 Å². The molecule has 100 valence electrons. The van der Waals surface area contributed by atoms with Crippen LogP contribution in [0.15, 0.2) is 24.3 Å². The average molecular weight is 252 g/mol. The highest BCUT2D eigenvalue weighted by Gasteiger charge is 2.07. The second-order valence-electron chi connectivity index (χ2n) is 4.43. The highest BCUT2D eigenvalue weighted by molar-refractivity contribution is 5.94. The van der Waals surface area contributed by atoms with Gasteiger partial charge in [0.1, 0.15) is 18.5 Å². The lowest BCUT2D eigenvalue weighted by molar-refractivity contribution is -0.0122. The smallest absolute Gasteiger partial charge is 0.159 e. The Morgan fingerprint density at radius 3 is 2.67 bits per heavy atom. The normalized spacial score (nSPS) is 12.5. The van der Waals surface area contributed by atoms with Gasteiger partial charge in [0.25, 0.3) is 0 Å². The van der Waals surface area contributed by atoms with Crippen molar-refractivity contribution in [1.82, 2.24) is 0 Å². The molecule has 18 heavy (non-hydrogen) atoms. The zero-order valence-electron chi connectivity index (χ0n) is 11.1. The van der Waals surface area contributed by atoms with Crippen molar-refractivity contribution < 1.29 is 19.4 Å². The molecule has 0 saturated heterocycles. The third kappa shape index (κ3) is 5.29. The van der Waals surface area contributed by atoms with E-state index >= 15 is 0 Å². The molecule has 1 unspecified atom stereocenters. The molecule has 1 rings (SSSR count). The summed E-state index contributed by atoms with van der Waals surface area (Å²) in [5.74, 6) is 0.565. The predicted octanol–water partition coefficient (Wildman–Crippen LogP) is 2.05.